The molecular weight excluding hydrogens is 158 g/mol. The molecular formula is C8H15NO3. The molecule has 4 heteroatoms. The second-order valence-corrected chi connectivity index (χ2v) is 2.54. The normalized spacial score (nSPS) is 12.8. The summed E-state index contributed by atoms with van der Waals surface area (Å²) in [4.78, 5) is 10.9. The van der Waals surface area contributed by atoms with Crippen LogP contribution in [0.4, 0.5) is 0 Å². The lowest BCUT2D eigenvalue weighted by Gasteiger charge is -2.20. The molecule has 1 N–H and O–H groups in total. The van der Waals surface area contributed by atoms with Crippen LogP contribution in [0.3, 0.4) is 0 Å². The number of ether oxygens (including phenoxy) is 1. The number of hydrogen-bond donors (Lipinski definition) is 1. The first-order valence-electron chi connectivity index (χ1n) is 3.81. The van der Waals surface area contributed by atoms with Crippen molar-refractivity contribution in [1.82, 2.24) is 5.06 Å². The van der Waals surface area contributed by atoms with Gasteiger partial charge in [-0.2, -0.15) is 5.06 Å². The fourth-order valence-corrected chi connectivity index (χ4v) is 0.573. The molecule has 70 valence electrons. The Balaban J connectivity index is 3.92. The summed E-state index contributed by atoms with van der Waals surface area (Å²) in [6, 6.07) is 0. The second kappa shape index (κ2) is 4.90. The average molecular weight is 173 g/mol. The van der Waals surface area contributed by atoms with E-state index in [1.54, 1.807) is 20.8 Å². The molecule has 0 spiro atoms. The van der Waals surface area contributed by atoms with Gasteiger partial charge in [0.2, 0.25) is 0 Å². The van der Waals surface area contributed by atoms with Gasteiger partial charge < -0.3 is 9.94 Å². The molecule has 0 aliphatic carbocycles. The van der Waals surface area contributed by atoms with Gasteiger partial charge in [-0.25, -0.2) is 4.79 Å². The molecule has 0 aromatic heterocycles. The zero-order chi connectivity index (χ0) is 9.72. The van der Waals surface area contributed by atoms with Crippen LogP contribution in [-0.4, -0.2) is 29.0 Å². The standard InChI is InChI=1S/C8H15NO3/c1-5-9(11)7(4)12-8(10)6(2)3/h7,11H,2,5H2,1,3-4H3. The Morgan fingerprint density at radius 1 is 1.75 bits per heavy atom. The molecule has 0 saturated carbocycles. The van der Waals surface area contributed by atoms with Crippen LogP contribution in [0.25, 0.3) is 0 Å². The van der Waals surface area contributed by atoms with Crippen molar-refractivity contribution in [3.8, 4) is 0 Å². The second-order valence-electron chi connectivity index (χ2n) is 2.54. The topological polar surface area (TPSA) is 49.8 Å². The minimum atomic E-state index is -0.626. The molecule has 0 aliphatic rings. The molecule has 4 nitrogen and oxygen atoms in total. The fraction of sp³-hybridized carbons (Fsp3) is 0.625. The highest BCUT2D eigenvalue weighted by Crippen LogP contribution is 2.00. The highest BCUT2D eigenvalue weighted by atomic mass is 16.6. The largest absolute Gasteiger partial charge is 0.441 e. The molecule has 0 fully saturated rings. The molecule has 0 aromatic carbocycles. The molecule has 1 unspecified atom stereocenters. The van der Waals surface area contributed by atoms with Crippen LogP contribution in [0.15, 0.2) is 12.2 Å². The summed E-state index contributed by atoms with van der Waals surface area (Å²) in [5, 5.41) is 10.0. The molecule has 0 heterocycles. The Bertz CT molecular complexity index is 179. The van der Waals surface area contributed by atoms with Crippen molar-refractivity contribution in [3.05, 3.63) is 12.2 Å². The lowest BCUT2D eigenvalue weighted by atomic mass is 10.4. The summed E-state index contributed by atoms with van der Waals surface area (Å²) >= 11 is 0. The maximum Gasteiger partial charge on any atom is 0.334 e. The molecule has 0 bridgehead atoms. The number of carbonyl (C=O) groups excluding carboxylic acids is 1. The Hall–Kier alpha value is -0.870. The van der Waals surface area contributed by atoms with Gasteiger partial charge in [-0.05, 0) is 20.8 Å². The SMILES string of the molecule is C=C(C)C(=O)OC(C)N(O)CC. The van der Waals surface area contributed by atoms with Crippen molar-refractivity contribution in [1.29, 1.82) is 0 Å². The van der Waals surface area contributed by atoms with Crippen molar-refractivity contribution < 1.29 is 14.7 Å². The number of esters is 1. The minimum Gasteiger partial charge on any atom is -0.441 e. The summed E-state index contributed by atoms with van der Waals surface area (Å²) in [5.74, 6) is -0.491. The van der Waals surface area contributed by atoms with E-state index in [0.29, 0.717) is 12.1 Å². The van der Waals surface area contributed by atoms with Crippen LogP contribution in [-0.2, 0) is 9.53 Å². The van der Waals surface area contributed by atoms with E-state index in [-0.39, 0.29) is 0 Å². The molecule has 0 radical (unpaired) electrons. The quantitative estimate of drug-likeness (QED) is 0.300. The lowest BCUT2D eigenvalue weighted by Crippen LogP contribution is -2.33. The third-order valence-corrected chi connectivity index (χ3v) is 1.37. The van der Waals surface area contributed by atoms with E-state index in [0.717, 1.165) is 5.06 Å². The first-order chi connectivity index (χ1) is 5.49. The van der Waals surface area contributed by atoms with Crippen LogP contribution in [0, 0.1) is 0 Å². The van der Waals surface area contributed by atoms with Crippen molar-refractivity contribution >= 4 is 5.97 Å². The van der Waals surface area contributed by atoms with E-state index in [9.17, 15) is 4.79 Å². The Labute approximate surface area is 72.4 Å². The van der Waals surface area contributed by atoms with Crippen molar-refractivity contribution in [2.45, 2.75) is 27.0 Å². The Morgan fingerprint density at radius 3 is 2.58 bits per heavy atom. The summed E-state index contributed by atoms with van der Waals surface area (Å²) in [7, 11) is 0. The number of hydrogen-bond acceptors (Lipinski definition) is 4. The highest BCUT2D eigenvalue weighted by Gasteiger charge is 2.14. The third kappa shape index (κ3) is 3.50. The van der Waals surface area contributed by atoms with Gasteiger partial charge in [0.25, 0.3) is 0 Å². The lowest BCUT2D eigenvalue weighted by molar-refractivity contribution is -0.207. The molecule has 0 saturated heterocycles. The van der Waals surface area contributed by atoms with E-state index >= 15 is 0 Å². The van der Waals surface area contributed by atoms with Gasteiger partial charge in [0.15, 0.2) is 6.23 Å². The highest BCUT2D eigenvalue weighted by molar-refractivity contribution is 5.87. The summed E-state index contributed by atoms with van der Waals surface area (Å²) in [6.07, 6.45) is -0.626. The fourth-order valence-electron chi connectivity index (χ4n) is 0.573. The number of nitrogens with zero attached hydrogens (tertiary/aromatic N) is 1. The van der Waals surface area contributed by atoms with Gasteiger partial charge in [0.1, 0.15) is 0 Å². The molecule has 1 atom stereocenters. The van der Waals surface area contributed by atoms with E-state index < -0.39 is 12.2 Å². The zero-order valence-electron chi connectivity index (χ0n) is 7.70. The van der Waals surface area contributed by atoms with Crippen LogP contribution in [0.1, 0.15) is 20.8 Å². The minimum absolute atomic E-state index is 0.325. The first kappa shape index (κ1) is 11.1. The van der Waals surface area contributed by atoms with Gasteiger partial charge in [-0.3, -0.25) is 0 Å². The zero-order valence-corrected chi connectivity index (χ0v) is 7.70. The maximum atomic E-state index is 10.9. The predicted molar refractivity (Wildman–Crippen MR) is 44.5 cm³/mol. The van der Waals surface area contributed by atoms with Gasteiger partial charge in [0, 0.05) is 12.1 Å². The van der Waals surface area contributed by atoms with Crippen LogP contribution in [0.2, 0.25) is 0 Å². The molecule has 0 amide bonds. The van der Waals surface area contributed by atoms with E-state index in [2.05, 4.69) is 6.58 Å². The van der Waals surface area contributed by atoms with E-state index in [1.807, 2.05) is 0 Å². The van der Waals surface area contributed by atoms with Crippen molar-refractivity contribution in [2.75, 3.05) is 6.54 Å². The summed E-state index contributed by atoms with van der Waals surface area (Å²) in [6.45, 7) is 8.73. The molecule has 0 aliphatic heterocycles. The molecule has 0 rings (SSSR count). The van der Waals surface area contributed by atoms with E-state index in [1.165, 1.54) is 0 Å². The molecule has 0 aromatic rings. The van der Waals surface area contributed by atoms with Gasteiger partial charge >= 0.3 is 5.97 Å². The van der Waals surface area contributed by atoms with E-state index in [4.69, 9.17) is 9.94 Å². The third-order valence-electron chi connectivity index (χ3n) is 1.37. The maximum absolute atomic E-state index is 10.9. The number of carbonyl (C=O) groups is 1. The first-order valence-corrected chi connectivity index (χ1v) is 3.81. The van der Waals surface area contributed by atoms with Crippen molar-refractivity contribution in [3.63, 3.8) is 0 Å². The Morgan fingerprint density at radius 2 is 2.25 bits per heavy atom. The number of rotatable bonds is 4. The summed E-state index contributed by atoms with van der Waals surface area (Å²) in [5.41, 5.74) is 0.325. The number of hydroxylamine groups is 2. The smallest absolute Gasteiger partial charge is 0.334 e. The van der Waals surface area contributed by atoms with Crippen molar-refractivity contribution in [2.24, 2.45) is 0 Å². The summed E-state index contributed by atoms with van der Waals surface area (Å²) < 4.78 is 4.80. The monoisotopic (exact) mass is 173 g/mol. The van der Waals surface area contributed by atoms with Gasteiger partial charge in [-0.1, -0.05) is 6.58 Å². The predicted octanol–water partition coefficient (Wildman–Crippen LogP) is 1.16. The Kier molecular flexibility index (Phi) is 4.54. The van der Waals surface area contributed by atoms with Crippen LogP contribution < -0.4 is 0 Å². The van der Waals surface area contributed by atoms with Gasteiger partial charge in [0.05, 0.1) is 0 Å². The van der Waals surface area contributed by atoms with Crippen LogP contribution >= 0.6 is 0 Å². The van der Waals surface area contributed by atoms with Gasteiger partial charge in [-0.15, -0.1) is 0 Å². The van der Waals surface area contributed by atoms with Crippen LogP contribution in [0.5, 0.6) is 0 Å². The average Bonchev–Trinajstić information content (AvgIpc) is 2.02. The molecule has 12 heavy (non-hydrogen) atoms.